The van der Waals surface area contributed by atoms with E-state index in [-0.39, 0.29) is 18.3 Å². The van der Waals surface area contributed by atoms with Crippen molar-refractivity contribution in [2.75, 3.05) is 40.0 Å². The zero-order valence-electron chi connectivity index (χ0n) is 15.4. The summed E-state index contributed by atoms with van der Waals surface area (Å²) in [6, 6.07) is 9.70. The van der Waals surface area contributed by atoms with Gasteiger partial charge in [0.05, 0.1) is 31.4 Å². The Morgan fingerprint density at radius 1 is 1.21 bits per heavy atom. The second-order valence-corrected chi connectivity index (χ2v) is 6.39. The number of carbonyl (C=O) groups is 1. The molecule has 0 aliphatic carbocycles. The average molecular weight is 385 g/mol. The Hall–Kier alpha value is -3.13. The Morgan fingerprint density at radius 3 is 2.82 bits per heavy atom. The van der Waals surface area contributed by atoms with Gasteiger partial charge in [0.1, 0.15) is 11.6 Å². The molecule has 0 spiro atoms. The first kappa shape index (κ1) is 18.2. The van der Waals surface area contributed by atoms with Crippen molar-refractivity contribution >= 4 is 16.9 Å². The molecule has 0 radical (unpaired) electrons. The lowest BCUT2D eigenvalue weighted by Crippen LogP contribution is -2.43. The van der Waals surface area contributed by atoms with Gasteiger partial charge in [-0.15, -0.1) is 0 Å². The van der Waals surface area contributed by atoms with Gasteiger partial charge in [-0.1, -0.05) is 0 Å². The Labute approximate surface area is 161 Å². The summed E-state index contributed by atoms with van der Waals surface area (Å²) in [4.78, 5) is 21.5. The number of H-pyrrole nitrogens is 1. The minimum Gasteiger partial charge on any atom is -0.493 e. The van der Waals surface area contributed by atoms with Gasteiger partial charge in [-0.25, -0.2) is 9.37 Å². The Bertz CT molecular complexity index is 998. The van der Waals surface area contributed by atoms with Gasteiger partial charge in [0, 0.05) is 18.7 Å². The van der Waals surface area contributed by atoms with E-state index in [1.54, 1.807) is 23.1 Å². The number of morpholine rings is 1. The molecule has 0 bridgehead atoms. The normalized spacial score (nSPS) is 14.3. The van der Waals surface area contributed by atoms with Crippen LogP contribution in [0.2, 0.25) is 0 Å². The van der Waals surface area contributed by atoms with Gasteiger partial charge >= 0.3 is 0 Å². The van der Waals surface area contributed by atoms with Crippen molar-refractivity contribution in [2.45, 2.75) is 0 Å². The molecular formula is C20H20FN3O4. The van der Waals surface area contributed by atoms with Crippen LogP contribution in [0.15, 0.2) is 36.4 Å². The number of nitrogens with zero attached hydrogens (tertiary/aromatic N) is 2. The molecule has 146 valence electrons. The molecule has 3 aromatic rings. The SMILES string of the molecule is COc1cc(-c2nc3ccc(F)cc3[nH]2)ccc1OCC(=O)N1CCOCC1. The van der Waals surface area contributed by atoms with Gasteiger partial charge < -0.3 is 24.1 Å². The van der Waals surface area contributed by atoms with E-state index in [1.165, 1.54) is 19.2 Å². The summed E-state index contributed by atoms with van der Waals surface area (Å²) in [7, 11) is 1.53. The molecule has 8 heteroatoms. The minimum atomic E-state index is -0.325. The standard InChI is InChI=1S/C20H20FN3O4/c1-26-18-10-13(20-22-15-4-3-14(21)11-16(15)23-20)2-5-17(18)28-12-19(25)24-6-8-27-9-7-24/h2-5,10-11H,6-9,12H2,1H3,(H,22,23). The fourth-order valence-corrected chi connectivity index (χ4v) is 3.10. The summed E-state index contributed by atoms with van der Waals surface area (Å²) >= 11 is 0. The highest BCUT2D eigenvalue weighted by molar-refractivity contribution is 5.80. The molecule has 2 aromatic carbocycles. The predicted molar refractivity (Wildman–Crippen MR) is 101 cm³/mol. The van der Waals surface area contributed by atoms with Crippen molar-refractivity contribution in [3.8, 4) is 22.9 Å². The highest BCUT2D eigenvalue weighted by Gasteiger charge is 2.18. The molecule has 0 atom stereocenters. The van der Waals surface area contributed by atoms with Crippen molar-refractivity contribution in [2.24, 2.45) is 0 Å². The number of benzene rings is 2. The van der Waals surface area contributed by atoms with E-state index in [0.717, 1.165) is 5.56 Å². The fraction of sp³-hybridized carbons (Fsp3) is 0.300. The van der Waals surface area contributed by atoms with Crippen LogP contribution in [0.4, 0.5) is 4.39 Å². The largest absolute Gasteiger partial charge is 0.493 e. The number of amides is 1. The number of halogens is 1. The third-order valence-corrected chi connectivity index (χ3v) is 4.60. The highest BCUT2D eigenvalue weighted by atomic mass is 19.1. The van der Waals surface area contributed by atoms with Gasteiger partial charge in [-0.2, -0.15) is 0 Å². The molecule has 1 aliphatic heterocycles. The van der Waals surface area contributed by atoms with Crippen molar-refractivity contribution in [1.82, 2.24) is 14.9 Å². The molecule has 1 amide bonds. The number of ether oxygens (including phenoxy) is 3. The quantitative estimate of drug-likeness (QED) is 0.731. The summed E-state index contributed by atoms with van der Waals surface area (Å²) in [5, 5.41) is 0. The third kappa shape index (κ3) is 3.77. The van der Waals surface area contributed by atoms with Crippen LogP contribution in [-0.4, -0.2) is 60.8 Å². The number of imidazole rings is 1. The number of hydrogen-bond donors (Lipinski definition) is 1. The Balaban J connectivity index is 1.51. The molecule has 1 fully saturated rings. The molecule has 1 aromatic heterocycles. The lowest BCUT2D eigenvalue weighted by molar-refractivity contribution is -0.137. The summed E-state index contributed by atoms with van der Waals surface area (Å²) < 4.78 is 29.7. The van der Waals surface area contributed by atoms with Gasteiger partial charge in [-0.3, -0.25) is 4.79 Å². The zero-order chi connectivity index (χ0) is 19.5. The molecule has 0 saturated carbocycles. The lowest BCUT2D eigenvalue weighted by Gasteiger charge is -2.26. The van der Waals surface area contributed by atoms with Crippen LogP contribution in [0, 0.1) is 5.82 Å². The molecule has 1 aliphatic rings. The number of aromatic amines is 1. The Kier molecular flexibility index (Phi) is 5.12. The van der Waals surface area contributed by atoms with Crippen molar-refractivity contribution in [3.63, 3.8) is 0 Å². The minimum absolute atomic E-state index is 0.0698. The molecule has 28 heavy (non-hydrogen) atoms. The van der Waals surface area contributed by atoms with Crippen LogP contribution in [-0.2, 0) is 9.53 Å². The number of nitrogens with one attached hydrogen (secondary N) is 1. The molecule has 2 heterocycles. The number of fused-ring (bicyclic) bond motifs is 1. The van der Waals surface area contributed by atoms with E-state index in [0.29, 0.717) is 54.7 Å². The number of hydrogen-bond acceptors (Lipinski definition) is 5. The topological polar surface area (TPSA) is 76.7 Å². The first-order valence-electron chi connectivity index (χ1n) is 8.96. The van der Waals surface area contributed by atoms with E-state index >= 15 is 0 Å². The van der Waals surface area contributed by atoms with Gasteiger partial charge in [0.15, 0.2) is 18.1 Å². The summed E-state index contributed by atoms with van der Waals surface area (Å²) in [5.41, 5.74) is 2.05. The second kappa shape index (κ2) is 7.85. The van der Waals surface area contributed by atoms with Gasteiger partial charge in [0.25, 0.3) is 5.91 Å². The Morgan fingerprint density at radius 2 is 2.04 bits per heavy atom. The number of carbonyl (C=O) groups excluding carboxylic acids is 1. The van der Waals surface area contributed by atoms with E-state index in [9.17, 15) is 9.18 Å². The monoisotopic (exact) mass is 385 g/mol. The van der Waals surface area contributed by atoms with Gasteiger partial charge in [-0.05, 0) is 36.4 Å². The molecule has 4 rings (SSSR count). The molecule has 7 nitrogen and oxygen atoms in total. The smallest absolute Gasteiger partial charge is 0.260 e. The summed E-state index contributed by atoms with van der Waals surface area (Å²) in [5.74, 6) is 1.13. The van der Waals surface area contributed by atoms with Crippen LogP contribution in [0.3, 0.4) is 0 Å². The maximum atomic E-state index is 13.4. The van der Waals surface area contributed by atoms with Crippen molar-refractivity contribution in [3.05, 3.63) is 42.2 Å². The molecule has 0 unspecified atom stereocenters. The van der Waals surface area contributed by atoms with Gasteiger partial charge in [0.2, 0.25) is 0 Å². The van der Waals surface area contributed by atoms with Crippen LogP contribution >= 0.6 is 0 Å². The van der Waals surface area contributed by atoms with Crippen LogP contribution in [0.5, 0.6) is 11.5 Å². The highest BCUT2D eigenvalue weighted by Crippen LogP contribution is 2.32. The van der Waals surface area contributed by atoms with Crippen LogP contribution in [0.1, 0.15) is 0 Å². The van der Waals surface area contributed by atoms with E-state index < -0.39 is 0 Å². The molecule has 1 saturated heterocycles. The molecular weight excluding hydrogens is 365 g/mol. The van der Waals surface area contributed by atoms with E-state index in [4.69, 9.17) is 14.2 Å². The molecule has 1 N–H and O–H groups in total. The maximum Gasteiger partial charge on any atom is 0.260 e. The lowest BCUT2D eigenvalue weighted by atomic mass is 10.2. The number of methoxy groups -OCH3 is 1. The zero-order valence-corrected chi connectivity index (χ0v) is 15.4. The average Bonchev–Trinajstić information content (AvgIpc) is 3.15. The maximum absolute atomic E-state index is 13.4. The predicted octanol–water partition coefficient (Wildman–Crippen LogP) is 2.62. The number of aromatic nitrogens is 2. The first-order valence-corrected chi connectivity index (χ1v) is 8.96. The fourth-order valence-electron chi connectivity index (χ4n) is 3.10. The van der Waals surface area contributed by atoms with E-state index in [1.807, 2.05) is 6.07 Å². The third-order valence-electron chi connectivity index (χ3n) is 4.60. The summed E-state index contributed by atoms with van der Waals surface area (Å²) in [6.45, 7) is 2.17. The first-order chi connectivity index (χ1) is 13.6. The second-order valence-electron chi connectivity index (χ2n) is 6.39. The van der Waals surface area contributed by atoms with Crippen molar-refractivity contribution < 1.29 is 23.4 Å². The van der Waals surface area contributed by atoms with E-state index in [2.05, 4.69) is 9.97 Å². The van der Waals surface area contributed by atoms with Crippen molar-refractivity contribution in [1.29, 1.82) is 0 Å². The number of rotatable bonds is 5. The van der Waals surface area contributed by atoms with Crippen LogP contribution in [0.25, 0.3) is 22.4 Å². The van der Waals surface area contributed by atoms with Crippen LogP contribution < -0.4 is 9.47 Å². The summed E-state index contributed by atoms with van der Waals surface area (Å²) in [6.07, 6.45) is 0.